The molecule has 0 spiro atoms. The second-order valence-electron chi connectivity index (χ2n) is 7.59. The fraction of sp³-hybridized carbons (Fsp3) is 0.167. The zero-order chi connectivity index (χ0) is 24.1. The van der Waals surface area contributed by atoms with E-state index < -0.39 is 11.9 Å². The van der Waals surface area contributed by atoms with Crippen LogP contribution in [0, 0.1) is 5.82 Å². The highest BCUT2D eigenvalue weighted by Crippen LogP contribution is 2.22. The van der Waals surface area contributed by atoms with Crippen LogP contribution in [0.1, 0.15) is 27.8 Å². The summed E-state index contributed by atoms with van der Waals surface area (Å²) in [6.45, 7) is 0. The van der Waals surface area contributed by atoms with Gasteiger partial charge in [-0.3, -0.25) is 9.59 Å². The van der Waals surface area contributed by atoms with Gasteiger partial charge in [-0.15, -0.1) is 0 Å². The number of halogens is 1. The Hall–Kier alpha value is -3.92. The molecule has 0 fully saturated rings. The highest BCUT2D eigenvalue weighted by atomic mass is 32.2. The molecular formula is C24H23FN6O2S. The third-order valence-corrected chi connectivity index (χ3v) is 6.17. The third kappa shape index (κ3) is 5.52. The van der Waals surface area contributed by atoms with Gasteiger partial charge in [-0.25, -0.2) is 14.4 Å². The largest absolute Gasteiger partial charge is 0.338 e. The van der Waals surface area contributed by atoms with Crippen LogP contribution < -0.4 is 10.6 Å². The van der Waals surface area contributed by atoms with Gasteiger partial charge in [0, 0.05) is 50.1 Å². The van der Waals surface area contributed by atoms with Crippen molar-refractivity contribution in [2.45, 2.75) is 11.2 Å². The van der Waals surface area contributed by atoms with Crippen molar-refractivity contribution < 1.29 is 14.0 Å². The van der Waals surface area contributed by atoms with Crippen molar-refractivity contribution in [3.8, 4) is 0 Å². The first kappa shape index (κ1) is 23.2. The molecule has 0 radical (unpaired) electrons. The lowest BCUT2D eigenvalue weighted by molar-refractivity contribution is -0.113. The number of benzene rings is 2. The topological polar surface area (TPSA) is 93.8 Å². The van der Waals surface area contributed by atoms with Gasteiger partial charge < -0.3 is 19.8 Å². The first-order valence-corrected chi connectivity index (χ1v) is 11.4. The van der Waals surface area contributed by atoms with E-state index >= 15 is 0 Å². The first-order chi connectivity index (χ1) is 16.4. The van der Waals surface area contributed by atoms with Crippen LogP contribution in [-0.4, -0.2) is 36.7 Å². The van der Waals surface area contributed by atoms with Gasteiger partial charge in [0.1, 0.15) is 17.7 Å². The van der Waals surface area contributed by atoms with Crippen LogP contribution in [0.25, 0.3) is 0 Å². The lowest BCUT2D eigenvalue weighted by Crippen LogP contribution is -2.31. The molecule has 34 heavy (non-hydrogen) atoms. The lowest BCUT2D eigenvalue weighted by atomic mass is 10.0. The average Bonchev–Trinajstić information content (AvgIpc) is 3.44. The SMILES string of the molecule is Cn1ccnc1SCC(=O)Nc1ccc(C(=O)NC(c2cccc(F)c2)c2nccn2C)cc1. The zero-order valence-electron chi connectivity index (χ0n) is 18.6. The van der Waals surface area contributed by atoms with Crippen molar-refractivity contribution in [2.24, 2.45) is 14.1 Å². The molecule has 0 saturated carbocycles. The second kappa shape index (κ2) is 10.3. The van der Waals surface area contributed by atoms with E-state index in [9.17, 15) is 14.0 Å². The molecule has 0 aliphatic carbocycles. The second-order valence-corrected chi connectivity index (χ2v) is 8.54. The zero-order valence-corrected chi connectivity index (χ0v) is 19.4. The van der Waals surface area contributed by atoms with E-state index in [0.717, 1.165) is 5.16 Å². The van der Waals surface area contributed by atoms with Gasteiger partial charge in [0.05, 0.1) is 5.75 Å². The number of rotatable bonds is 8. The molecule has 2 N–H and O–H groups in total. The number of hydrogen-bond acceptors (Lipinski definition) is 5. The van der Waals surface area contributed by atoms with Crippen molar-refractivity contribution in [3.63, 3.8) is 0 Å². The molecule has 0 saturated heterocycles. The van der Waals surface area contributed by atoms with Crippen LogP contribution >= 0.6 is 11.8 Å². The van der Waals surface area contributed by atoms with E-state index in [0.29, 0.717) is 22.6 Å². The number of carbonyl (C=O) groups is 2. The average molecular weight is 479 g/mol. The highest BCUT2D eigenvalue weighted by molar-refractivity contribution is 7.99. The molecule has 0 aliphatic rings. The van der Waals surface area contributed by atoms with Crippen LogP contribution in [0.4, 0.5) is 10.1 Å². The maximum atomic E-state index is 13.9. The molecule has 2 heterocycles. The Morgan fingerprint density at radius 3 is 2.41 bits per heavy atom. The van der Waals surface area contributed by atoms with E-state index in [2.05, 4.69) is 20.6 Å². The molecule has 10 heteroatoms. The fourth-order valence-corrected chi connectivity index (χ4v) is 4.11. The van der Waals surface area contributed by atoms with Crippen LogP contribution in [0.5, 0.6) is 0 Å². The normalized spacial score (nSPS) is 11.7. The van der Waals surface area contributed by atoms with Gasteiger partial charge >= 0.3 is 0 Å². The summed E-state index contributed by atoms with van der Waals surface area (Å²) in [4.78, 5) is 33.7. The fourth-order valence-electron chi connectivity index (χ4n) is 3.38. The minimum atomic E-state index is -0.634. The molecular weight excluding hydrogens is 455 g/mol. The maximum Gasteiger partial charge on any atom is 0.252 e. The van der Waals surface area contributed by atoms with Crippen molar-refractivity contribution in [3.05, 3.63) is 96.1 Å². The van der Waals surface area contributed by atoms with Gasteiger partial charge in [-0.1, -0.05) is 23.9 Å². The monoisotopic (exact) mass is 478 g/mol. The minimum absolute atomic E-state index is 0.175. The predicted molar refractivity (Wildman–Crippen MR) is 128 cm³/mol. The van der Waals surface area contributed by atoms with E-state index in [4.69, 9.17) is 0 Å². The summed E-state index contributed by atoms with van der Waals surface area (Å²) in [5.41, 5.74) is 1.56. The Labute approximate surface area is 200 Å². The Kier molecular flexibility index (Phi) is 7.07. The van der Waals surface area contributed by atoms with Gasteiger partial charge in [-0.05, 0) is 42.0 Å². The molecule has 1 unspecified atom stereocenters. The molecule has 4 rings (SSSR count). The van der Waals surface area contributed by atoms with Gasteiger partial charge in [0.2, 0.25) is 5.91 Å². The number of hydrogen-bond donors (Lipinski definition) is 2. The number of imidazole rings is 2. The quantitative estimate of drug-likeness (QED) is 0.378. The predicted octanol–water partition coefficient (Wildman–Crippen LogP) is 3.54. The summed E-state index contributed by atoms with van der Waals surface area (Å²) in [6.07, 6.45) is 6.88. The summed E-state index contributed by atoms with van der Waals surface area (Å²) in [5.74, 6) is -0.127. The van der Waals surface area contributed by atoms with Gasteiger partial charge in [-0.2, -0.15) is 0 Å². The van der Waals surface area contributed by atoms with E-state index in [-0.39, 0.29) is 17.6 Å². The molecule has 2 aromatic heterocycles. The number of aromatic nitrogens is 4. The number of thioether (sulfide) groups is 1. The lowest BCUT2D eigenvalue weighted by Gasteiger charge is -2.19. The van der Waals surface area contributed by atoms with E-state index in [1.807, 2.05) is 24.9 Å². The van der Waals surface area contributed by atoms with Crippen LogP contribution in [0.15, 0.2) is 78.5 Å². The molecule has 8 nitrogen and oxygen atoms in total. The number of carbonyl (C=O) groups excluding carboxylic acids is 2. The summed E-state index contributed by atoms with van der Waals surface area (Å²) in [6, 6.07) is 12.0. The molecule has 1 atom stereocenters. The van der Waals surface area contributed by atoms with Crippen molar-refractivity contribution >= 4 is 29.3 Å². The van der Waals surface area contributed by atoms with E-state index in [1.54, 1.807) is 59.6 Å². The van der Waals surface area contributed by atoms with Gasteiger partial charge in [0.25, 0.3) is 5.91 Å². The van der Waals surface area contributed by atoms with Gasteiger partial charge in [0.15, 0.2) is 5.16 Å². The number of amides is 2. The molecule has 4 aromatic rings. The Morgan fingerprint density at radius 2 is 1.76 bits per heavy atom. The third-order valence-electron chi connectivity index (χ3n) is 5.11. The Balaban J connectivity index is 1.42. The van der Waals surface area contributed by atoms with E-state index in [1.165, 1.54) is 23.9 Å². The summed E-state index contributed by atoms with van der Waals surface area (Å²) >= 11 is 1.34. The van der Waals surface area contributed by atoms with Crippen LogP contribution in [-0.2, 0) is 18.9 Å². The highest BCUT2D eigenvalue weighted by Gasteiger charge is 2.22. The van der Waals surface area contributed by atoms with Crippen molar-refractivity contribution in [1.82, 2.24) is 24.4 Å². The number of anilines is 1. The minimum Gasteiger partial charge on any atom is -0.338 e. The molecule has 174 valence electrons. The number of nitrogens with one attached hydrogen (secondary N) is 2. The number of nitrogens with zero attached hydrogens (tertiary/aromatic N) is 4. The van der Waals surface area contributed by atoms with Crippen molar-refractivity contribution in [1.29, 1.82) is 0 Å². The summed E-state index contributed by atoms with van der Waals surface area (Å²) < 4.78 is 17.5. The molecule has 2 aromatic carbocycles. The first-order valence-electron chi connectivity index (χ1n) is 10.4. The Morgan fingerprint density at radius 1 is 1.03 bits per heavy atom. The standard InChI is InChI=1S/C24H23FN6O2S/c1-30-12-10-26-22(30)21(17-4-3-5-18(25)14-17)29-23(33)16-6-8-19(9-7-16)28-20(32)15-34-24-27-11-13-31(24)2/h3-14,21H,15H2,1-2H3,(H,28,32)(H,29,33). The van der Waals surface area contributed by atoms with Crippen LogP contribution in [0.2, 0.25) is 0 Å². The van der Waals surface area contributed by atoms with Crippen molar-refractivity contribution in [2.75, 3.05) is 11.1 Å². The molecule has 0 bridgehead atoms. The number of aryl methyl sites for hydroxylation is 2. The molecule has 0 aliphatic heterocycles. The maximum absolute atomic E-state index is 13.9. The van der Waals surface area contributed by atoms with Crippen LogP contribution in [0.3, 0.4) is 0 Å². The molecule has 2 amide bonds. The summed E-state index contributed by atoms with van der Waals surface area (Å²) in [7, 11) is 3.67. The smallest absolute Gasteiger partial charge is 0.252 e. The Bertz CT molecular complexity index is 1300. The summed E-state index contributed by atoms with van der Waals surface area (Å²) in [5, 5.41) is 6.49.